The summed E-state index contributed by atoms with van der Waals surface area (Å²) >= 11 is 0.399. The molecule has 0 aliphatic carbocycles. The lowest BCUT2D eigenvalue weighted by Gasteiger charge is -2.20. The van der Waals surface area contributed by atoms with Crippen molar-refractivity contribution in [2.75, 3.05) is 0 Å². The molecule has 0 bridgehead atoms. The second kappa shape index (κ2) is 8.27. The van der Waals surface area contributed by atoms with Crippen LogP contribution < -0.4 is 5.32 Å². The molecule has 1 aromatic heterocycles. The van der Waals surface area contributed by atoms with Gasteiger partial charge in [-0.15, -0.1) is 0 Å². The number of aromatic nitrogens is 1. The molecule has 0 unspecified atom stereocenters. The van der Waals surface area contributed by atoms with Gasteiger partial charge < -0.3 is 15.5 Å². The second-order valence-electron chi connectivity index (χ2n) is 5.39. The van der Waals surface area contributed by atoms with Crippen molar-refractivity contribution < 1.29 is 41.4 Å². The summed E-state index contributed by atoms with van der Waals surface area (Å²) in [6.07, 6.45) is -10.6. The fraction of sp³-hybridized carbons (Fsp3) is 0.250. The Morgan fingerprint density at radius 2 is 1.79 bits per heavy atom. The number of nitrogens with one attached hydrogen (secondary N) is 1. The number of nitrogens with zero attached hydrogens (tertiary/aromatic N) is 1. The fourth-order valence-corrected chi connectivity index (χ4v) is 3.34. The van der Waals surface area contributed by atoms with E-state index in [1.54, 1.807) is 5.32 Å². The summed E-state index contributed by atoms with van der Waals surface area (Å²) in [6, 6.07) is 3.24. The van der Waals surface area contributed by atoms with E-state index in [2.05, 4.69) is 4.98 Å². The first-order valence-electron chi connectivity index (χ1n) is 7.44. The fourth-order valence-electron chi connectivity index (χ4n) is 2.22. The molecule has 0 fully saturated rings. The first-order chi connectivity index (χ1) is 12.9. The van der Waals surface area contributed by atoms with Crippen LogP contribution in [0.1, 0.15) is 22.3 Å². The lowest BCUT2D eigenvalue weighted by molar-refractivity contribution is -0.144. The van der Waals surface area contributed by atoms with Gasteiger partial charge in [-0.05, 0) is 23.8 Å². The van der Waals surface area contributed by atoms with Gasteiger partial charge in [0.1, 0.15) is 5.03 Å². The van der Waals surface area contributed by atoms with Gasteiger partial charge in [0.25, 0.3) is 0 Å². The van der Waals surface area contributed by atoms with Gasteiger partial charge >= 0.3 is 18.4 Å². The molecule has 1 amide bonds. The second-order valence-corrected chi connectivity index (χ2v) is 6.39. The van der Waals surface area contributed by atoms with Crippen LogP contribution in [0.15, 0.2) is 40.4 Å². The maximum atomic E-state index is 13.5. The summed E-state index contributed by atoms with van der Waals surface area (Å²) in [5, 5.41) is 19.7. The zero-order chi connectivity index (χ0) is 21.1. The van der Waals surface area contributed by atoms with Crippen LogP contribution in [-0.2, 0) is 25.5 Å². The summed E-state index contributed by atoms with van der Waals surface area (Å²) in [5.74, 6) is 0. The Morgan fingerprint density at radius 3 is 2.32 bits per heavy atom. The van der Waals surface area contributed by atoms with Crippen LogP contribution in [0.5, 0.6) is 0 Å². The molecule has 28 heavy (non-hydrogen) atoms. The number of aliphatic hydroxyl groups excluding tert-OH is 1. The average molecular weight is 426 g/mol. The van der Waals surface area contributed by atoms with Crippen LogP contribution in [0.25, 0.3) is 0 Å². The van der Waals surface area contributed by atoms with Crippen molar-refractivity contribution in [1.29, 1.82) is 0 Å². The van der Waals surface area contributed by atoms with Crippen molar-refractivity contribution in [2.45, 2.75) is 35.4 Å². The van der Waals surface area contributed by atoms with Gasteiger partial charge in [0, 0.05) is 23.2 Å². The van der Waals surface area contributed by atoms with Crippen LogP contribution in [0.4, 0.5) is 31.1 Å². The molecule has 0 saturated heterocycles. The van der Waals surface area contributed by atoms with Crippen LogP contribution in [0, 0.1) is 0 Å². The predicted octanol–water partition coefficient (Wildman–Crippen LogP) is 4.53. The molecule has 3 N–H and O–H groups in total. The number of amides is 1. The molecule has 0 atom stereocenters. The first kappa shape index (κ1) is 21.8. The number of carbonyl (C=O) groups is 1. The highest BCUT2D eigenvalue weighted by Gasteiger charge is 2.40. The monoisotopic (exact) mass is 426 g/mol. The molecule has 1 heterocycles. The normalized spacial score (nSPS) is 12.1. The van der Waals surface area contributed by atoms with Crippen molar-refractivity contribution in [1.82, 2.24) is 10.3 Å². The number of carboxylic acid groups (broad SMARTS) is 1. The van der Waals surface area contributed by atoms with Gasteiger partial charge in [-0.2, -0.15) is 26.3 Å². The third kappa shape index (κ3) is 5.29. The Kier molecular flexibility index (Phi) is 6.44. The Morgan fingerprint density at radius 1 is 1.11 bits per heavy atom. The lowest BCUT2D eigenvalue weighted by Crippen LogP contribution is -2.22. The summed E-state index contributed by atoms with van der Waals surface area (Å²) in [6.45, 7) is -1.34. The van der Waals surface area contributed by atoms with E-state index in [1.165, 1.54) is 18.3 Å². The SMILES string of the molecule is O=C(O)NCc1cc(C(F)(F)F)cc(C(F)(F)F)c1Sc1ncccc1CO. The quantitative estimate of drug-likeness (QED) is 0.612. The third-order valence-electron chi connectivity index (χ3n) is 3.45. The standard InChI is InChI=1S/C16H12F6N2O3S/c17-15(18,19)10-4-9(6-24-14(26)27)12(11(5-10)16(20,21)22)28-13-8(7-25)2-1-3-23-13/h1-5,24-25H,6-7H2,(H,26,27). The number of hydrogen-bond donors (Lipinski definition) is 3. The molecule has 0 spiro atoms. The van der Waals surface area contributed by atoms with Crippen molar-refractivity contribution >= 4 is 17.9 Å². The minimum atomic E-state index is -5.14. The van der Waals surface area contributed by atoms with E-state index in [9.17, 15) is 36.2 Å². The van der Waals surface area contributed by atoms with E-state index < -0.39 is 53.2 Å². The summed E-state index contributed by atoms with van der Waals surface area (Å²) < 4.78 is 79.6. The van der Waals surface area contributed by atoms with Crippen LogP contribution in [0.2, 0.25) is 0 Å². The largest absolute Gasteiger partial charge is 0.465 e. The van der Waals surface area contributed by atoms with Crippen molar-refractivity contribution in [3.8, 4) is 0 Å². The zero-order valence-electron chi connectivity index (χ0n) is 13.7. The van der Waals surface area contributed by atoms with Gasteiger partial charge in [-0.25, -0.2) is 9.78 Å². The maximum absolute atomic E-state index is 13.5. The number of rotatable bonds is 5. The highest BCUT2D eigenvalue weighted by molar-refractivity contribution is 7.99. The van der Waals surface area contributed by atoms with E-state index in [-0.39, 0.29) is 16.7 Å². The minimum absolute atomic E-state index is 0.0336. The molecule has 2 rings (SSSR count). The molecule has 1 aromatic carbocycles. The number of halogens is 6. The Labute approximate surface area is 158 Å². The minimum Gasteiger partial charge on any atom is -0.465 e. The average Bonchev–Trinajstić information content (AvgIpc) is 2.59. The highest BCUT2D eigenvalue weighted by atomic mass is 32.2. The smallest absolute Gasteiger partial charge is 0.417 e. The van der Waals surface area contributed by atoms with Gasteiger partial charge in [0.05, 0.1) is 17.7 Å². The van der Waals surface area contributed by atoms with E-state index in [4.69, 9.17) is 5.11 Å². The van der Waals surface area contributed by atoms with Crippen molar-refractivity contribution in [3.63, 3.8) is 0 Å². The van der Waals surface area contributed by atoms with Gasteiger partial charge in [-0.3, -0.25) is 0 Å². The molecule has 12 heteroatoms. The summed E-state index contributed by atoms with van der Waals surface area (Å²) in [7, 11) is 0. The summed E-state index contributed by atoms with van der Waals surface area (Å²) in [4.78, 5) is 13.9. The topological polar surface area (TPSA) is 82.5 Å². The zero-order valence-corrected chi connectivity index (χ0v) is 14.5. The number of aliphatic hydroxyl groups is 1. The molecule has 0 aliphatic heterocycles. The molecule has 152 valence electrons. The number of alkyl halides is 6. The van der Waals surface area contributed by atoms with Crippen LogP contribution >= 0.6 is 11.8 Å². The molecular formula is C16H12F6N2O3S. The molecular weight excluding hydrogens is 414 g/mol. The highest BCUT2D eigenvalue weighted by Crippen LogP contribution is 2.44. The molecule has 0 radical (unpaired) electrons. The maximum Gasteiger partial charge on any atom is 0.417 e. The number of pyridine rings is 1. The van der Waals surface area contributed by atoms with Crippen molar-refractivity contribution in [2.24, 2.45) is 0 Å². The number of benzene rings is 1. The molecule has 0 saturated carbocycles. The van der Waals surface area contributed by atoms with Crippen LogP contribution in [-0.4, -0.2) is 21.3 Å². The Bertz CT molecular complexity index is 870. The Hall–Kier alpha value is -2.47. The predicted molar refractivity (Wildman–Crippen MR) is 85.6 cm³/mol. The van der Waals surface area contributed by atoms with E-state index >= 15 is 0 Å². The number of hydrogen-bond acceptors (Lipinski definition) is 4. The lowest BCUT2D eigenvalue weighted by atomic mass is 10.0. The molecule has 0 aliphatic rings. The van der Waals surface area contributed by atoms with E-state index in [0.717, 1.165) is 0 Å². The van der Waals surface area contributed by atoms with Gasteiger partial charge in [-0.1, -0.05) is 17.8 Å². The van der Waals surface area contributed by atoms with E-state index in [1.807, 2.05) is 0 Å². The van der Waals surface area contributed by atoms with Gasteiger partial charge in [0.15, 0.2) is 0 Å². The summed E-state index contributed by atoms with van der Waals surface area (Å²) in [5.41, 5.74) is -3.50. The Balaban J connectivity index is 2.69. The van der Waals surface area contributed by atoms with Crippen LogP contribution in [0.3, 0.4) is 0 Å². The van der Waals surface area contributed by atoms with E-state index in [0.29, 0.717) is 17.8 Å². The van der Waals surface area contributed by atoms with Crippen molar-refractivity contribution in [3.05, 3.63) is 52.7 Å². The third-order valence-corrected chi connectivity index (χ3v) is 4.69. The molecule has 2 aromatic rings. The first-order valence-corrected chi connectivity index (χ1v) is 8.26. The molecule has 5 nitrogen and oxygen atoms in total. The van der Waals surface area contributed by atoms with Gasteiger partial charge in [0.2, 0.25) is 0 Å².